The molecule has 0 bridgehead atoms. The van der Waals surface area contributed by atoms with Crippen molar-refractivity contribution in [3.05, 3.63) is 12.4 Å². The molecule has 3 N–H and O–H groups in total. The van der Waals surface area contributed by atoms with Gasteiger partial charge in [0.15, 0.2) is 0 Å². The lowest BCUT2D eigenvalue weighted by molar-refractivity contribution is -0.0270. The molecule has 0 radical (unpaired) electrons. The van der Waals surface area contributed by atoms with Crippen LogP contribution < -0.4 is 4.72 Å². The molecule has 1 aliphatic carbocycles. The van der Waals surface area contributed by atoms with E-state index in [0.29, 0.717) is 12.8 Å². The van der Waals surface area contributed by atoms with Crippen molar-refractivity contribution in [2.45, 2.75) is 29.8 Å². The molecule has 1 saturated carbocycles. The Morgan fingerprint density at radius 1 is 1.60 bits per heavy atom. The van der Waals surface area contributed by atoms with Gasteiger partial charge in [0.05, 0.1) is 11.8 Å². The van der Waals surface area contributed by atoms with Crippen molar-refractivity contribution < 1.29 is 13.5 Å². The number of aromatic amines is 1. The van der Waals surface area contributed by atoms with Gasteiger partial charge in [0.2, 0.25) is 10.0 Å². The molecule has 1 fully saturated rings. The Hall–Kier alpha value is -0.920. The first-order valence-electron chi connectivity index (χ1n) is 4.73. The van der Waals surface area contributed by atoms with E-state index in [0.717, 1.165) is 6.42 Å². The van der Waals surface area contributed by atoms with Gasteiger partial charge in [-0.1, -0.05) is 0 Å². The fourth-order valence-electron chi connectivity index (χ4n) is 1.46. The second-order valence-corrected chi connectivity index (χ2v) is 5.60. The molecule has 1 aromatic heterocycles. The summed E-state index contributed by atoms with van der Waals surface area (Å²) in [6, 6.07) is 0. The van der Waals surface area contributed by atoms with Crippen molar-refractivity contribution in [1.82, 2.24) is 14.9 Å². The Morgan fingerprint density at radius 3 is 2.80 bits per heavy atom. The molecule has 1 heterocycles. The van der Waals surface area contributed by atoms with Crippen LogP contribution in [0.5, 0.6) is 0 Å². The minimum Gasteiger partial charge on any atom is -0.389 e. The highest BCUT2D eigenvalue weighted by molar-refractivity contribution is 7.89. The SMILES string of the molecule is O=S(=O)(NCC1(O)CCC1)c1cn[nH]c1. The summed E-state index contributed by atoms with van der Waals surface area (Å²) in [4.78, 5) is 0.0884. The third-order valence-corrected chi connectivity index (χ3v) is 4.03. The number of rotatable bonds is 4. The zero-order valence-electron chi connectivity index (χ0n) is 8.10. The summed E-state index contributed by atoms with van der Waals surface area (Å²) in [6.07, 6.45) is 4.78. The average Bonchev–Trinajstić information content (AvgIpc) is 2.65. The molecular formula is C8H13N3O3S. The Bertz CT molecular complexity index is 422. The quantitative estimate of drug-likeness (QED) is 0.657. The van der Waals surface area contributed by atoms with Crippen LogP contribution in [0, 0.1) is 0 Å². The van der Waals surface area contributed by atoms with Crippen molar-refractivity contribution in [2.75, 3.05) is 6.54 Å². The van der Waals surface area contributed by atoms with Gasteiger partial charge in [-0.2, -0.15) is 5.10 Å². The van der Waals surface area contributed by atoms with Crippen LogP contribution >= 0.6 is 0 Å². The highest BCUT2D eigenvalue weighted by atomic mass is 32.2. The maximum absolute atomic E-state index is 11.6. The largest absolute Gasteiger partial charge is 0.389 e. The highest BCUT2D eigenvalue weighted by Crippen LogP contribution is 2.30. The Balaban J connectivity index is 2.00. The molecule has 0 spiro atoms. The molecule has 0 aromatic carbocycles. The van der Waals surface area contributed by atoms with Gasteiger partial charge in [-0.25, -0.2) is 13.1 Å². The van der Waals surface area contributed by atoms with Gasteiger partial charge >= 0.3 is 0 Å². The summed E-state index contributed by atoms with van der Waals surface area (Å²) < 4.78 is 25.6. The topological polar surface area (TPSA) is 95.1 Å². The minimum atomic E-state index is -3.53. The number of sulfonamides is 1. The van der Waals surface area contributed by atoms with Gasteiger partial charge in [0, 0.05) is 12.7 Å². The van der Waals surface area contributed by atoms with E-state index in [1.165, 1.54) is 12.4 Å². The molecule has 2 rings (SSSR count). The van der Waals surface area contributed by atoms with Crippen LogP contribution in [-0.2, 0) is 10.0 Å². The van der Waals surface area contributed by atoms with Gasteiger partial charge in [0.25, 0.3) is 0 Å². The van der Waals surface area contributed by atoms with Gasteiger partial charge in [-0.3, -0.25) is 5.10 Å². The summed E-state index contributed by atoms with van der Waals surface area (Å²) in [5.41, 5.74) is -0.850. The Kier molecular flexibility index (Phi) is 2.53. The summed E-state index contributed by atoms with van der Waals surface area (Å²) in [7, 11) is -3.53. The van der Waals surface area contributed by atoms with Crippen molar-refractivity contribution in [3.8, 4) is 0 Å². The molecule has 6 nitrogen and oxygen atoms in total. The van der Waals surface area contributed by atoms with Gasteiger partial charge in [-0.15, -0.1) is 0 Å². The predicted molar refractivity (Wildman–Crippen MR) is 52.6 cm³/mol. The molecular weight excluding hydrogens is 218 g/mol. The van der Waals surface area contributed by atoms with Crippen LogP contribution in [0.3, 0.4) is 0 Å². The summed E-state index contributed by atoms with van der Waals surface area (Å²) in [5, 5.41) is 15.7. The van der Waals surface area contributed by atoms with E-state index in [2.05, 4.69) is 14.9 Å². The standard InChI is InChI=1S/C8H13N3O3S/c12-8(2-1-3-8)6-11-15(13,14)7-4-9-10-5-7/h4-5,11-12H,1-3,6H2,(H,9,10). The first-order chi connectivity index (χ1) is 7.02. The predicted octanol–water partition coefficient (Wildman–Crippen LogP) is -0.397. The fraction of sp³-hybridized carbons (Fsp3) is 0.625. The fourth-order valence-corrected chi connectivity index (χ4v) is 2.49. The second-order valence-electron chi connectivity index (χ2n) is 3.84. The van der Waals surface area contributed by atoms with E-state index in [9.17, 15) is 13.5 Å². The minimum absolute atomic E-state index is 0.0700. The molecule has 1 aromatic rings. The zero-order chi connectivity index (χ0) is 10.9. The number of nitrogens with one attached hydrogen (secondary N) is 2. The summed E-state index contributed by atoms with van der Waals surface area (Å²) in [6.45, 7) is 0.0700. The van der Waals surface area contributed by atoms with Gasteiger partial charge in [-0.05, 0) is 19.3 Å². The number of aliphatic hydroxyl groups is 1. The number of nitrogens with zero attached hydrogens (tertiary/aromatic N) is 1. The molecule has 0 unspecified atom stereocenters. The van der Waals surface area contributed by atoms with Crippen LogP contribution in [0.15, 0.2) is 17.3 Å². The lowest BCUT2D eigenvalue weighted by Gasteiger charge is -2.36. The van der Waals surface area contributed by atoms with Crippen molar-refractivity contribution >= 4 is 10.0 Å². The molecule has 0 aliphatic heterocycles. The van der Waals surface area contributed by atoms with Crippen LogP contribution in [0.1, 0.15) is 19.3 Å². The average molecular weight is 231 g/mol. The van der Waals surface area contributed by atoms with Crippen LogP contribution in [0.25, 0.3) is 0 Å². The number of hydrogen-bond donors (Lipinski definition) is 3. The molecule has 0 saturated heterocycles. The molecule has 7 heteroatoms. The van der Waals surface area contributed by atoms with Crippen LogP contribution in [-0.4, -0.2) is 35.9 Å². The summed E-state index contributed by atoms with van der Waals surface area (Å²) in [5.74, 6) is 0. The lowest BCUT2D eigenvalue weighted by atomic mass is 9.81. The van der Waals surface area contributed by atoms with E-state index in [1.54, 1.807) is 0 Å². The van der Waals surface area contributed by atoms with E-state index in [-0.39, 0.29) is 11.4 Å². The summed E-state index contributed by atoms with van der Waals surface area (Å²) >= 11 is 0. The van der Waals surface area contributed by atoms with Gasteiger partial charge < -0.3 is 5.11 Å². The third-order valence-electron chi connectivity index (χ3n) is 2.66. The molecule has 84 valence electrons. The number of aromatic nitrogens is 2. The Labute approximate surface area is 87.8 Å². The van der Waals surface area contributed by atoms with E-state index in [1.807, 2.05) is 0 Å². The smallest absolute Gasteiger partial charge is 0.243 e. The lowest BCUT2D eigenvalue weighted by Crippen LogP contribution is -2.47. The molecule has 0 amide bonds. The van der Waals surface area contributed by atoms with Crippen molar-refractivity contribution in [3.63, 3.8) is 0 Å². The van der Waals surface area contributed by atoms with E-state index >= 15 is 0 Å². The number of hydrogen-bond acceptors (Lipinski definition) is 4. The highest BCUT2D eigenvalue weighted by Gasteiger charge is 2.35. The van der Waals surface area contributed by atoms with Crippen LogP contribution in [0.4, 0.5) is 0 Å². The van der Waals surface area contributed by atoms with Crippen molar-refractivity contribution in [2.24, 2.45) is 0 Å². The van der Waals surface area contributed by atoms with Gasteiger partial charge in [0.1, 0.15) is 4.90 Å². The maximum atomic E-state index is 11.6. The molecule has 0 atom stereocenters. The monoisotopic (exact) mass is 231 g/mol. The number of H-pyrrole nitrogens is 1. The van der Waals surface area contributed by atoms with Crippen LogP contribution in [0.2, 0.25) is 0 Å². The normalized spacial score (nSPS) is 19.8. The van der Waals surface area contributed by atoms with Crippen molar-refractivity contribution in [1.29, 1.82) is 0 Å². The Morgan fingerprint density at radius 2 is 2.33 bits per heavy atom. The first-order valence-corrected chi connectivity index (χ1v) is 6.21. The molecule has 15 heavy (non-hydrogen) atoms. The first kappa shape index (κ1) is 10.6. The second kappa shape index (κ2) is 3.58. The zero-order valence-corrected chi connectivity index (χ0v) is 8.92. The molecule has 1 aliphatic rings. The maximum Gasteiger partial charge on any atom is 0.243 e. The van der Waals surface area contributed by atoms with E-state index in [4.69, 9.17) is 0 Å². The van der Waals surface area contributed by atoms with E-state index < -0.39 is 15.6 Å². The third kappa shape index (κ3) is 2.19.